The molecule has 0 aromatic carbocycles. The van der Waals surface area contributed by atoms with Crippen LogP contribution in [0.2, 0.25) is 0 Å². The van der Waals surface area contributed by atoms with Crippen molar-refractivity contribution in [2.45, 2.75) is 13.5 Å². The van der Waals surface area contributed by atoms with E-state index >= 15 is 0 Å². The molecule has 0 saturated carbocycles. The molecule has 0 unspecified atom stereocenters. The Morgan fingerprint density at radius 1 is 1.50 bits per heavy atom. The first-order valence-electron chi connectivity index (χ1n) is 5.54. The summed E-state index contributed by atoms with van der Waals surface area (Å²) in [6, 6.07) is 3.40. The van der Waals surface area contributed by atoms with E-state index < -0.39 is 0 Å². The molecule has 0 atom stereocenters. The lowest BCUT2D eigenvalue weighted by atomic mass is 10.2. The van der Waals surface area contributed by atoms with Crippen LogP contribution in [-0.2, 0) is 6.54 Å². The Hall–Kier alpha value is -1.88. The number of carbonyl (C=O) groups excluding carboxylic acids is 1. The summed E-state index contributed by atoms with van der Waals surface area (Å²) in [6.45, 7) is 2.29. The summed E-state index contributed by atoms with van der Waals surface area (Å²) in [5, 5.41) is 3.95. The number of nitrogens with one attached hydrogen (secondary N) is 1. The number of aryl methyl sites for hydroxylation is 1. The zero-order valence-corrected chi connectivity index (χ0v) is 11.1. The van der Waals surface area contributed by atoms with Crippen LogP contribution in [-0.4, -0.2) is 22.8 Å². The van der Waals surface area contributed by atoms with Crippen molar-refractivity contribution in [1.82, 2.24) is 9.88 Å². The van der Waals surface area contributed by atoms with Gasteiger partial charge < -0.3 is 9.88 Å². The Bertz CT molecular complexity index is 602. The van der Waals surface area contributed by atoms with Gasteiger partial charge in [0.25, 0.3) is 5.91 Å². The largest absolute Gasteiger partial charge is 0.364 e. The number of pyridine rings is 1. The van der Waals surface area contributed by atoms with E-state index in [1.807, 2.05) is 16.8 Å². The number of hydrogen-bond acceptors (Lipinski definition) is 3. The maximum atomic E-state index is 12.1. The Balaban J connectivity index is 2.18. The van der Waals surface area contributed by atoms with Crippen molar-refractivity contribution < 1.29 is 4.79 Å². The summed E-state index contributed by atoms with van der Waals surface area (Å²) in [7, 11) is 1.69. The quantitative estimate of drug-likeness (QED) is 0.920. The first-order valence-corrected chi connectivity index (χ1v) is 6.48. The second-order valence-corrected chi connectivity index (χ2v) is 4.97. The number of aromatic amines is 1. The third-order valence-corrected chi connectivity index (χ3v) is 3.37. The molecule has 18 heavy (non-hydrogen) atoms. The van der Waals surface area contributed by atoms with Crippen LogP contribution in [0.4, 0.5) is 0 Å². The fourth-order valence-corrected chi connectivity index (χ4v) is 2.33. The summed E-state index contributed by atoms with van der Waals surface area (Å²) < 4.78 is 0. The van der Waals surface area contributed by atoms with Gasteiger partial charge in [-0.05, 0) is 29.3 Å². The van der Waals surface area contributed by atoms with Crippen molar-refractivity contribution in [1.29, 1.82) is 0 Å². The van der Waals surface area contributed by atoms with Gasteiger partial charge >= 0.3 is 0 Å². The molecule has 0 aliphatic rings. The van der Waals surface area contributed by atoms with Crippen molar-refractivity contribution in [3.05, 3.63) is 56.1 Å². The minimum atomic E-state index is -0.262. The van der Waals surface area contributed by atoms with Crippen LogP contribution in [0, 0.1) is 6.92 Å². The summed E-state index contributed by atoms with van der Waals surface area (Å²) >= 11 is 1.59. The van der Waals surface area contributed by atoms with Crippen molar-refractivity contribution in [2.75, 3.05) is 7.05 Å². The summed E-state index contributed by atoms with van der Waals surface area (Å²) in [4.78, 5) is 28.3. The summed E-state index contributed by atoms with van der Waals surface area (Å²) in [6.07, 6.45) is 1.48. The van der Waals surface area contributed by atoms with E-state index in [0.717, 1.165) is 11.3 Å². The van der Waals surface area contributed by atoms with Crippen LogP contribution in [0.25, 0.3) is 0 Å². The van der Waals surface area contributed by atoms with Gasteiger partial charge in [0.15, 0.2) is 5.43 Å². The van der Waals surface area contributed by atoms with Crippen LogP contribution in [0.5, 0.6) is 0 Å². The van der Waals surface area contributed by atoms with Crippen molar-refractivity contribution in [2.24, 2.45) is 0 Å². The highest BCUT2D eigenvalue weighted by Crippen LogP contribution is 2.09. The molecule has 4 nitrogen and oxygen atoms in total. The van der Waals surface area contributed by atoms with E-state index in [-0.39, 0.29) is 16.9 Å². The zero-order valence-electron chi connectivity index (χ0n) is 10.3. The normalized spacial score (nSPS) is 10.3. The molecule has 1 amide bonds. The average Bonchev–Trinajstić information content (AvgIpc) is 2.81. The van der Waals surface area contributed by atoms with E-state index in [0.29, 0.717) is 6.54 Å². The molecule has 0 bridgehead atoms. The van der Waals surface area contributed by atoms with Gasteiger partial charge in [0.1, 0.15) is 5.56 Å². The van der Waals surface area contributed by atoms with Crippen LogP contribution in [0.3, 0.4) is 0 Å². The maximum Gasteiger partial charge on any atom is 0.259 e. The second-order valence-electron chi connectivity index (χ2n) is 4.19. The molecule has 94 valence electrons. The summed E-state index contributed by atoms with van der Waals surface area (Å²) in [5.41, 5.74) is 1.75. The summed E-state index contributed by atoms with van der Waals surface area (Å²) in [5.74, 6) is -0.262. The van der Waals surface area contributed by atoms with Crippen LogP contribution >= 0.6 is 11.3 Å². The fourth-order valence-electron chi connectivity index (χ4n) is 1.67. The van der Waals surface area contributed by atoms with Gasteiger partial charge in [0, 0.05) is 31.5 Å². The molecule has 2 rings (SSSR count). The Morgan fingerprint density at radius 3 is 2.89 bits per heavy atom. The molecule has 2 aromatic rings. The van der Waals surface area contributed by atoms with Gasteiger partial charge in [-0.25, -0.2) is 0 Å². The number of rotatable bonds is 3. The highest BCUT2D eigenvalue weighted by atomic mass is 32.1. The Morgan fingerprint density at radius 2 is 2.28 bits per heavy atom. The molecule has 0 fully saturated rings. The number of nitrogens with zero attached hydrogens (tertiary/aromatic N) is 1. The van der Waals surface area contributed by atoms with Crippen molar-refractivity contribution >= 4 is 17.2 Å². The highest BCUT2D eigenvalue weighted by Gasteiger charge is 2.15. The monoisotopic (exact) mass is 262 g/mol. The number of H-pyrrole nitrogens is 1. The van der Waals surface area contributed by atoms with Gasteiger partial charge in [0.05, 0.1) is 0 Å². The van der Waals surface area contributed by atoms with E-state index in [1.165, 1.54) is 12.3 Å². The first-order chi connectivity index (χ1) is 8.58. The lowest BCUT2D eigenvalue weighted by molar-refractivity contribution is 0.0783. The van der Waals surface area contributed by atoms with E-state index in [9.17, 15) is 9.59 Å². The molecule has 5 heteroatoms. The molecular formula is C13H14N2O2S. The van der Waals surface area contributed by atoms with E-state index in [1.54, 1.807) is 30.2 Å². The second kappa shape index (κ2) is 5.18. The predicted molar refractivity (Wildman–Crippen MR) is 71.9 cm³/mol. The zero-order chi connectivity index (χ0) is 13.1. The molecule has 0 radical (unpaired) electrons. The number of carbonyl (C=O) groups is 1. The maximum absolute atomic E-state index is 12.1. The standard InChI is InChI=1S/C13H14N2O2S/c1-9-5-12(16)11(6-14-9)13(17)15(2)7-10-3-4-18-8-10/h3-6,8H,7H2,1-2H3,(H,14,16). The van der Waals surface area contributed by atoms with Gasteiger partial charge in [-0.2, -0.15) is 11.3 Å². The van der Waals surface area contributed by atoms with Gasteiger partial charge in [0.2, 0.25) is 0 Å². The Labute approximate surface area is 109 Å². The molecule has 0 saturated heterocycles. The van der Waals surface area contributed by atoms with E-state index in [4.69, 9.17) is 0 Å². The minimum absolute atomic E-state index is 0.179. The number of aromatic nitrogens is 1. The van der Waals surface area contributed by atoms with Gasteiger partial charge in [-0.15, -0.1) is 0 Å². The topological polar surface area (TPSA) is 53.2 Å². The predicted octanol–water partition coefficient (Wildman–Crippen LogP) is 2.02. The fraction of sp³-hybridized carbons (Fsp3) is 0.231. The smallest absolute Gasteiger partial charge is 0.259 e. The molecular weight excluding hydrogens is 248 g/mol. The third kappa shape index (κ3) is 2.68. The SMILES string of the molecule is Cc1cc(=O)c(C(=O)N(C)Cc2ccsc2)c[nH]1. The Kier molecular flexibility index (Phi) is 3.62. The first kappa shape index (κ1) is 12.6. The lowest BCUT2D eigenvalue weighted by Crippen LogP contribution is -2.30. The molecule has 1 N–H and O–H groups in total. The molecule has 0 aliphatic carbocycles. The minimum Gasteiger partial charge on any atom is -0.364 e. The van der Waals surface area contributed by atoms with Crippen molar-refractivity contribution in [3.8, 4) is 0 Å². The number of hydrogen-bond donors (Lipinski definition) is 1. The molecule has 2 heterocycles. The van der Waals surface area contributed by atoms with Crippen molar-refractivity contribution in [3.63, 3.8) is 0 Å². The van der Waals surface area contributed by atoms with E-state index in [2.05, 4.69) is 4.98 Å². The molecule has 2 aromatic heterocycles. The third-order valence-electron chi connectivity index (χ3n) is 2.63. The average molecular weight is 262 g/mol. The molecule has 0 spiro atoms. The number of thiophene rings is 1. The number of amides is 1. The van der Waals surface area contributed by atoms with Crippen LogP contribution in [0.1, 0.15) is 21.6 Å². The van der Waals surface area contributed by atoms with Crippen LogP contribution < -0.4 is 5.43 Å². The van der Waals surface area contributed by atoms with Gasteiger partial charge in [-0.1, -0.05) is 0 Å². The molecule has 0 aliphatic heterocycles. The van der Waals surface area contributed by atoms with Crippen LogP contribution in [0.15, 0.2) is 33.9 Å². The lowest BCUT2D eigenvalue weighted by Gasteiger charge is -2.16. The van der Waals surface area contributed by atoms with Gasteiger partial charge in [-0.3, -0.25) is 9.59 Å². The highest BCUT2D eigenvalue weighted by molar-refractivity contribution is 7.07.